The van der Waals surface area contributed by atoms with Gasteiger partial charge in [-0.3, -0.25) is 4.79 Å². The molecule has 2 N–H and O–H groups in total. The van der Waals surface area contributed by atoms with Crippen molar-refractivity contribution in [1.82, 2.24) is 5.32 Å². The largest absolute Gasteiger partial charge is 0.478 e. The molecule has 0 aromatic heterocycles. The van der Waals surface area contributed by atoms with Gasteiger partial charge in [0.1, 0.15) is 0 Å². The van der Waals surface area contributed by atoms with Gasteiger partial charge in [-0.05, 0) is 36.8 Å². The summed E-state index contributed by atoms with van der Waals surface area (Å²) in [4.78, 5) is 23.1. The molecule has 1 fully saturated rings. The van der Waals surface area contributed by atoms with Crippen molar-refractivity contribution in [3.63, 3.8) is 0 Å². The molecule has 0 spiro atoms. The topological polar surface area (TPSA) is 66.4 Å². The maximum absolute atomic E-state index is 12.0. The van der Waals surface area contributed by atoms with Crippen molar-refractivity contribution in [2.24, 2.45) is 11.8 Å². The molecule has 1 aromatic carbocycles. The molecule has 0 saturated heterocycles. The maximum Gasteiger partial charge on any atom is 0.335 e. The van der Waals surface area contributed by atoms with Crippen molar-refractivity contribution in [3.8, 4) is 0 Å². The second kappa shape index (κ2) is 6.55. The third-order valence-electron chi connectivity index (χ3n) is 4.14. The van der Waals surface area contributed by atoms with Gasteiger partial charge in [-0.1, -0.05) is 31.5 Å². The van der Waals surface area contributed by atoms with Gasteiger partial charge in [0.25, 0.3) is 0 Å². The highest BCUT2D eigenvalue weighted by Crippen LogP contribution is 2.31. The first kappa shape index (κ1) is 14.6. The highest BCUT2D eigenvalue weighted by Gasteiger charge is 2.29. The quantitative estimate of drug-likeness (QED) is 0.867. The molecule has 0 heterocycles. The van der Waals surface area contributed by atoms with Gasteiger partial charge < -0.3 is 10.4 Å². The van der Waals surface area contributed by atoms with Crippen LogP contribution in [0.3, 0.4) is 0 Å². The fraction of sp³-hybridized carbons (Fsp3) is 0.500. The van der Waals surface area contributed by atoms with Gasteiger partial charge in [-0.15, -0.1) is 0 Å². The van der Waals surface area contributed by atoms with E-state index < -0.39 is 5.97 Å². The number of carbonyl (C=O) groups is 2. The van der Waals surface area contributed by atoms with Crippen LogP contribution in [0, 0.1) is 11.8 Å². The van der Waals surface area contributed by atoms with Crippen LogP contribution < -0.4 is 5.32 Å². The zero-order chi connectivity index (χ0) is 14.5. The van der Waals surface area contributed by atoms with E-state index in [-0.39, 0.29) is 11.8 Å². The summed E-state index contributed by atoms with van der Waals surface area (Å²) in [6.07, 6.45) is 3.77. The van der Waals surface area contributed by atoms with Gasteiger partial charge >= 0.3 is 5.97 Å². The van der Waals surface area contributed by atoms with Gasteiger partial charge in [0.05, 0.1) is 5.56 Å². The van der Waals surface area contributed by atoms with E-state index in [4.69, 9.17) is 5.11 Å². The van der Waals surface area contributed by atoms with Crippen molar-refractivity contribution < 1.29 is 14.7 Å². The van der Waals surface area contributed by atoms with Crippen LogP contribution in [0.25, 0.3) is 0 Å². The summed E-state index contributed by atoms with van der Waals surface area (Å²) in [6.45, 7) is 2.61. The normalized spacial score (nSPS) is 21.6. The Morgan fingerprint density at radius 2 is 2.05 bits per heavy atom. The molecule has 0 radical (unpaired) electrons. The maximum atomic E-state index is 12.0. The van der Waals surface area contributed by atoms with Gasteiger partial charge in [-0.2, -0.15) is 0 Å². The predicted molar refractivity (Wildman–Crippen MR) is 76.6 cm³/mol. The average molecular weight is 275 g/mol. The first-order valence-corrected chi connectivity index (χ1v) is 7.18. The number of aromatic carboxylic acids is 1. The van der Waals surface area contributed by atoms with E-state index in [0.717, 1.165) is 24.8 Å². The van der Waals surface area contributed by atoms with Crippen LogP contribution in [0.5, 0.6) is 0 Å². The minimum absolute atomic E-state index is 0.114. The Morgan fingerprint density at radius 1 is 1.30 bits per heavy atom. The molecule has 1 aliphatic rings. The summed E-state index contributed by atoms with van der Waals surface area (Å²) < 4.78 is 0. The van der Waals surface area contributed by atoms with Crippen LogP contribution in [0.2, 0.25) is 0 Å². The van der Waals surface area contributed by atoms with E-state index in [1.165, 1.54) is 0 Å². The molecule has 0 aliphatic heterocycles. The summed E-state index contributed by atoms with van der Waals surface area (Å²) in [5.74, 6) is -0.217. The molecule has 4 heteroatoms. The summed E-state index contributed by atoms with van der Waals surface area (Å²) in [6, 6.07) is 6.93. The summed E-state index contributed by atoms with van der Waals surface area (Å²) in [5, 5.41) is 12.0. The molecule has 1 aromatic rings. The molecule has 2 rings (SSSR count). The van der Waals surface area contributed by atoms with Crippen LogP contribution in [-0.2, 0) is 11.2 Å². The van der Waals surface area contributed by atoms with Crippen molar-refractivity contribution in [2.75, 3.05) is 6.54 Å². The van der Waals surface area contributed by atoms with E-state index in [1.807, 2.05) is 6.07 Å². The van der Waals surface area contributed by atoms with Crippen molar-refractivity contribution in [3.05, 3.63) is 35.4 Å². The number of hydrogen-bond acceptors (Lipinski definition) is 2. The number of benzene rings is 1. The number of carboxylic acid groups (broad SMARTS) is 1. The highest BCUT2D eigenvalue weighted by molar-refractivity contribution is 5.89. The molecule has 4 nitrogen and oxygen atoms in total. The Morgan fingerprint density at radius 3 is 2.70 bits per heavy atom. The molecular formula is C16H21NO3. The first-order chi connectivity index (χ1) is 9.59. The lowest BCUT2D eigenvalue weighted by Gasteiger charge is -2.15. The fourth-order valence-electron chi connectivity index (χ4n) is 2.93. The Balaban J connectivity index is 1.87. The highest BCUT2D eigenvalue weighted by atomic mass is 16.4. The standard InChI is InChI=1S/C16H21NO3/c1-11-5-4-8-13(11)15(18)17-10-9-12-6-2-3-7-14(12)16(19)20/h2-3,6-7,11,13H,4-5,8-10H2,1H3,(H,17,18)(H,19,20). The molecule has 0 bridgehead atoms. The summed E-state index contributed by atoms with van der Waals surface area (Å²) >= 11 is 0. The molecular weight excluding hydrogens is 254 g/mol. The minimum atomic E-state index is -0.920. The van der Waals surface area contributed by atoms with Crippen molar-refractivity contribution in [1.29, 1.82) is 0 Å². The zero-order valence-corrected chi connectivity index (χ0v) is 11.8. The Kier molecular flexibility index (Phi) is 4.77. The second-order valence-electron chi connectivity index (χ2n) is 5.52. The third-order valence-corrected chi connectivity index (χ3v) is 4.14. The van der Waals surface area contributed by atoms with E-state index in [2.05, 4.69) is 12.2 Å². The van der Waals surface area contributed by atoms with E-state index in [1.54, 1.807) is 18.2 Å². The Bertz CT molecular complexity index is 498. The van der Waals surface area contributed by atoms with Gasteiger partial charge in [0.15, 0.2) is 0 Å². The zero-order valence-electron chi connectivity index (χ0n) is 11.8. The number of hydrogen-bond donors (Lipinski definition) is 2. The molecule has 108 valence electrons. The predicted octanol–water partition coefficient (Wildman–Crippen LogP) is 2.48. The number of carboxylic acids is 1. The SMILES string of the molecule is CC1CCCC1C(=O)NCCc1ccccc1C(=O)O. The number of carbonyl (C=O) groups excluding carboxylic acids is 1. The van der Waals surface area contributed by atoms with Crippen LogP contribution in [0.4, 0.5) is 0 Å². The Hall–Kier alpha value is -1.84. The van der Waals surface area contributed by atoms with Crippen LogP contribution in [0.15, 0.2) is 24.3 Å². The van der Waals surface area contributed by atoms with Gasteiger partial charge in [0.2, 0.25) is 5.91 Å². The monoisotopic (exact) mass is 275 g/mol. The van der Waals surface area contributed by atoms with Crippen molar-refractivity contribution in [2.45, 2.75) is 32.6 Å². The number of rotatable bonds is 5. The molecule has 1 amide bonds. The van der Waals surface area contributed by atoms with Crippen LogP contribution in [0.1, 0.15) is 42.1 Å². The van der Waals surface area contributed by atoms with Gasteiger partial charge in [-0.25, -0.2) is 4.79 Å². The molecule has 1 saturated carbocycles. The molecule has 20 heavy (non-hydrogen) atoms. The average Bonchev–Trinajstić information content (AvgIpc) is 2.85. The van der Waals surface area contributed by atoms with Crippen LogP contribution >= 0.6 is 0 Å². The fourth-order valence-corrected chi connectivity index (χ4v) is 2.93. The molecule has 1 aliphatic carbocycles. The summed E-state index contributed by atoms with van der Waals surface area (Å²) in [7, 11) is 0. The smallest absolute Gasteiger partial charge is 0.335 e. The van der Waals surface area contributed by atoms with Gasteiger partial charge in [0, 0.05) is 12.5 Å². The lowest BCUT2D eigenvalue weighted by molar-refractivity contribution is -0.125. The molecule has 2 unspecified atom stereocenters. The van der Waals surface area contributed by atoms with E-state index in [0.29, 0.717) is 24.4 Å². The van der Waals surface area contributed by atoms with Crippen LogP contribution in [-0.4, -0.2) is 23.5 Å². The minimum Gasteiger partial charge on any atom is -0.478 e. The van der Waals surface area contributed by atoms with E-state index >= 15 is 0 Å². The molecule has 2 atom stereocenters. The number of amides is 1. The summed E-state index contributed by atoms with van der Waals surface area (Å²) in [5.41, 5.74) is 1.08. The lowest BCUT2D eigenvalue weighted by atomic mass is 9.97. The lowest BCUT2D eigenvalue weighted by Crippen LogP contribution is -2.33. The van der Waals surface area contributed by atoms with E-state index in [9.17, 15) is 9.59 Å². The number of nitrogens with one attached hydrogen (secondary N) is 1. The first-order valence-electron chi connectivity index (χ1n) is 7.18. The Labute approximate surface area is 119 Å². The van der Waals surface area contributed by atoms with Crippen molar-refractivity contribution >= 4 is 11.9 Å². The second-order valence-corrected chi connectivity index (χ2v) is 5.52. The third kappa shape index (κ3) is 3.38.